The number of hydrogen-bond acceptors (Lipinski definition) is 23. The molecule has 6 rings (SSSR count). The zero-order valence-electron chi connectivity index (χ0n) is 48.9. The van der Waals surface area contributed by atoms with Crippen LogP contribution in [0.1, 0.15) is 13.8 Å². The average molecular weight is 1350 g/mol. The quantitative estimate of drug-likeness (QED) is 0.00483. The number of benzene rings is 4. The molecule has 4 atom stereocenters. The maximum atomic E-state index is 13.3. The van der Waals surface area contributed by atoms with Crippen LogP contribution in [0.4, 0.5) is 13.2 Å². The minimum Gasteiger partial charge on any atom is -0.489 e. The lowest BCUT2D eigenvalue weighted by molar-refractivity contribution is -0.208. The van der Waals surface area contributed by atoms with Crippen LogP contribution in [0.3, 0.4) is 0 Å². The molecule has 90 heavy (non-hydrogen) atoms. The van der Waals surface area contributed by atoms with E-state index in [2.05, 4.69) is 29.2 Å². The van der Waals surface area contributed by atoms with Crippen LogP contribution in [0, 0.1) is 6.58 Å². The third kappa shape index (κ3) is 28.3. The highest BCUT2D eigenvalue weighted by atomic mass is 35.5. The standard InChI is InChI=1S/C34H41ClO12S.C16H13ClO4S.C9H13O4.C2HF3O2/c1-5-30(36)43-19-15-39-13-17-41-23(3)45-21-25(47-24(4)42-18-14-40-16-20-44-31(37)6-2)22-46-28-12-11-27(35)32-33(38)26-9-7-8-10-29(26)48-34(28)32;17-11-5-6-12(21-8-9(19)7-18)16-14(11)15(20)10-3-1-2-4-13(10)22-16;1-3-9(10)13-8-7-12-6-5-11-4-2;3-2(4,5)1(6)7/h5-12,23-25H,1-2,13-22H2,3-4H3;1-6,9,18-19H,7-8H2;2-4H,1,5-8H2;(H,6,7)/q;;+1;. The van der Waals surface area contributed by atoms with Crippen LogP contribution in [-0.4, -0.2) is 176 Å². The minimum absolute atomic E-state index is 0.0546. The molecule has 22 nitrogen and oxygen atoms in total. The van der Waals surface area contributed by atoms with Gasteiger partial charge in [0.1, 0.15) is 63.3 Å². The summed E-state index contributed by atoms with van der Waals surface area (Å²) in [5.41, 5.74) is -0.302. The molecule has 4 aromatic carbocycles. The second kappa shape index (κ2) is 42.7. The van der Waals surface area contributed by atoms with Gasteiger partial charge in [0.2, 0.25) is 6.58 Å². The van der Waals surface area contributed by atoms with Crippen molar-refractivity contribution < 1.29 is 109 Å². The number of alkyl halides is 3. The number of carboxylic acid groups (broad SMARTS) is 1. The van der Waals surface area contributed by atoms with Crippen molar-refractivity contribution >= 4 is 110 Å². The molecule has 0 saturated carbocycles. The molecule has 6 aromatic rings. The normalized spacial score (nSPS) is 12.3. The molecule has 0 saturated heterocycles. The van der Waals surface area contributed by atoms with Gasteiger partial charge in [0.15, 0.2) is 23.4 Å². The second-order valence-electron chi connectivity index (χ2n) is 17.5. The summed E-state index contributed by atoms with van der Waals surface area (Å²) in [5.74, 6) is -3.28. The number of fused-ring (bicyclic) bond motifs is 4. The smallest absolute Gasteiger partial charge is 0.489 e. The van der Waals surface area contributed by atoms with Gasteiger partial charge in [-0.15, -0.1) is 22.7 Å². The topological polar surface area (TPSA) is 283 Å². The summed E-state index contributed by atoms with van der Waals surface area (Å²) < 4.78 is 105. The number of carbonyl (C=O) groups is 4. The minimum atomic E-state index is -5.08. The zero-order chi connectivity index (χ0) is 66.4. The van der Waals surface area contributed by atoms with E-state index in [4.69, 9.17) is 96.9 Å². The SMILES string of the molecule is C=CC(=O)OCCOCCOC(C)OCC(COc1ccc(Cl)c2c(=O)c3ccccc3sc12)OC(C)OCCOCCOC(=O)C=C.O=C(O)C(F)(F)F.O=c1c2ccccc2sc2c(OCC(O)CO)ccc(Cl)c12.[CH+]=COCCOCCOC(=O)C=C. The van der Waals surface area contributed by atoms with Crippen LogP contribution in [0.25, 0.3) is 40.3 Å². The highest BCUT2D eigenvalue weighted by molar-refractivity contribution is 7.25. The maximum Gasteiger partial charge on any atom is 0.490 e. The van der Waals surface area contributed by atoms with Gasteiger partial charge in [0.25, 0.3) is 0 Å². The molecule has 0 radical (unpaired) electrons. The Labute approximate surface area is 532 Å². The molecule has 0 spiro atoms. The molecular weight excluding hydrogens is 1280 g/mol. The van der Waals surface area contributed by atoms with E-state index in [0.29, 0.717) is 72.3 Å². The van der Waals surface area contributed by atoms with E-state index in [1.54, 1.807) is 50.2 Å². The number of aliphatic hydroxyl groups excluding tert-OH is 2. The van der Waals surface area contributed by atoms with Crippen molar-refractivity contribution in [3.05, 3.63) is 154 Å². The number of esters is 3. The Morgan fingerprint density at radius 1 is 0.589 bits per heavy atom. The zero-order valence-corrected chi connectivity index (χ0v) is 52.0. The van der Waals surface area contributed by atoms with Crippen molar-refractivity contribution in [3.8, 4) is 11.5 Å². The van der Waals surface area contributed by atoms with E-state index in [0.717, 1.165) is 33.9 Å². The molecule has 3 N–H and O–H groups in total. The Morgan fingerprint density at radius 2 is 0.989 bits per heavy atom. The average Bonchev–Trinajstić information content (AvgIpc) is 0.798. The molecular formula is C61H68Cl2F3O22S2+. The maximum absolute atomic E-state index is 13.3. The van der Waals surface area contributed by atoms with Crippen molar-refractivity contribution in [1.29, 1.82) is 0 Å². The summed E-state index contributed by atoms with van der Waals surface area (Å²) in [7, 11) is 0. The van der Waals surface area contributed by atoms with Crippen LogP contribution in [0.5, 0.6) is 11.5 Å². The van der Waals surface area contributed by atoms with E-state index >= 15 is 0 Å². The number of ether oxygens (including phenoxy) is 13. The number of aliphatic carboxylic acids is 1. The van der Waals surface area contributed by atoms with Gasteiger partial charge < -0.3 is 76.9 Å². The van der Waals surface area contributed by atoms with E-state index in [1.165, 1.54) is 22.7 Å². The van der Waals surface area contributed by atoms with Crippen molar-refractivity contribution in [1.82, 2.24) is 0 Å². The van der Waals surface area contributed by atoms with E-state index in [1.807, 2.05) is 36.4 Å². The fourth-order valence-electron chi connectivity index (χ4n) is 6.86. The first-order valence-corrected chi connectivity index (χ1v) is 29.4. The first-order chi connectivity index (χ1) is 43.1. The van der Waals surface area contributed by atoms with Gasteiger partial charge in [-0.1, -0.05) is 67.2 Å². The molecule has 0 aliphatic carbocycles. The van der Waals surface area contributed by atoms with Crippen LogP contribution in [0.15, 0.2) is 127 Å². The first kappa shape index (κ1) is 77.1. The number of carboxylic acids is 1. The monoisotopic (exact) mass is 1340 g/mol. The van der Waals surface area contributed by atoms with Crippen LogP contribution < -0.4 is 20.3 Å². The predicted molar refractivity (Wildman–Crippen MR) is 331 cm³/mol. The Balaban J connectivity index is 0.000000407. The predicted octanol–water partition coefficient (Wildman–Crippen LogP) is 9.19. The first-order valence-electron chi connectivity index (χ1n) is 27.0. The molecule has 0 amide bonds. The molecule has 4 unspecified atom stereocenters. The molecule has 2 heterocycles. The Morgan fingerprint density at radius 3 is 1.40 bits per heavy atom. The fourth-order valence-corrected chi connectivity index (χ4v) is 9.80. The molecule has 0 fully saturated rings. The van der Waals surface area contributed by atoms with Gasteiger partial charge in [0.05, 0.1) is 96.3 Å². The van der Waals surface area contributed by atoms with Gasteiger partial charge in [0, 0.05) is 38.4 Å². The summed E-state index contributed by atoms with van der Waals surface area (Å²) in [4.78, 5) is 67.5. The Kier molecular flexibility index (Phi) is 36.6. The number of hydrogen-bond donors (Lipinski definition) is 3. The number of halogens is 5. The van der Waals surface area contributed by atoms with Crippen LogP contribution >= 0.6 is 45.9 Å². The largest absolute Gasteiger partial charge is 0.490 e. The van der Waals surface area contributed by atoms with Crippen LogP contribution in [-0.2, 0) is 71.3 Å². The molecule has 29 heteroatoms. The summed E-state index contributed by atoms with van der Waals surface area (Å²) in [6.45, 7) is 21.1. The number of rotatable bonds is 36. The van der Waals surface area contributed by atoms with Gasteiger partial charge in [-0.3, -0.25) is 9.59 Å². The van der Waals surface area contributed by atoms with E-state index < -0.39 is 54.8 Å². The van der Waals surface area contributed by atoms with Crippen molar-refractivity contribution in [2.75, 3.05) is 106 Å². The fraction of sp³-hybridized carbons (Fsp3) is 0.377. The number of aliphatic hydroxyl groups is 2. The summed E-state index contributed by atoms with van der Waals surface area (Å²) in [5, 5.41) is 28.1. The Hall–Kier alpha value is -7.18. The summed E-state index contributed by atoms with van der Waals surface area (Å²) in [6.07, 6.45) is -3.55. The van der Waals surface area contributed by atoms with Gasteiger partial charge in [-0.2, -0.15) is 13.2 Å². The van der Waals surface area contributed by atoms with Crippen molar-refractivity contribution in [2.45, 2.75) is 44.8 Å². The third-order valence-electron chi connectivity index (χ3n) is 11.0. The van der Waals surface area contributed by atoms with Gasteiger partial charge >= 0.3 is 36.3 Å². The van der Waals surface area contributed by atoms with E-state index in [-0.39, 0.29) is 96.7 Å². The van der Waals surface area contributed by atoms with Crippen molar-refractivity contribution in [3.63, 3.8) is 0 Å². The van der Waals surface area contributed by atoms with E-state index in [9.17, 15) is 42.3 Å². The summed E-state index contributed by atoms with van der Waals surface area (Å²) in [6, 6.07) is 21.3. The van der Waals surface area contributed by atoms with Crippen molar-refractivity contribution in [2.24, 2.45) is 0 Å². The van der Waals surface area contributed by atoms with Gasteiger partial charge in [-0.25, -0.2) is 19.2 Å². The van der Waals surface area contributed by atoms with Crippen LogP contribution in [0.2, 0.25) is 10.0 Å². The molecule has 490 valence electrons. The molecule has 2 aromatic heterocycles. The lowest BCUT2D eigenvalue weighted by atomic mass is 10.2. The molecule has 0 aliphatic rings. The lowest BCUT2D eigenvalue weighted by Gasteiger charge is -2.25. The Bertz CT molecular complexity index is 3380. The third-order valence-corrected chi connectivity index (χ3v) is 14.0. The molecule has 0 aliphatic heterocycles. The van der Waals surface area contributed by atoms with Gasteiger partial charge in [-0.05, 0) is 62.4 Å². The number of carbonyl (C=O) groups excluding carboxylic acids is 3. The summed E-state index contributed by atoms with van der Waals surface area (Å²) >= 11 is 15.5. The highest BCUT2D eigenvalue weighted by Crippen LogP contribution is 2.37. The lowest BCUT2D eigenvalue weighted by Crippen LogP contribution is -2.34. The highest BCUT2D eigenvalue weighted by Gasteiger charge is 2.38. The molecule has 0 bridgehead atoms. The second-order valence-corrected chi connectivity index (χ2v) is 20.5.